The first-order chi connectivity index (χ1) is 19.9. The van der Waals surface area contributed by atoms with Crippen molar-refractivity contribution in [3.8, 4) is 0 Å². The molecule has 2 unspecified atom stereocenters. The monoisotopic (exact) mass is 592 g/mol. The van der Waals surface area contributed by atoms with Crippen LogP contribution in [0.4, 0.5) is 15.3 Å². The van der Waals surface area contributed by atoms with Gasteiger partial charge in [0, 0.05) is 31.6 Å². The average molecular weight is 593 g/mol. The number of hydrogen-bond donors (Lipinski definition) is 7. The van der Waals surface area contributed by atoms with Crippen LogP contribution < -0.4 is 32.3 Å². The van der Waals surface area contributed by atoms with E-state index in [2.05, 4.69) is 31.3 Å². The van der Waals surface area contributed by atoms with Crippen molar-refractivity contribution in [2.24, 2.45) is 11.7 Å². The number of hydrogen-bond acceptors (Lipinski definition) is 7. The van der Waals surface area contributed by atoms with Crippen LogP contribution in [0.1, 0.15) is 71.3 Å². The fourth-order valence-corrected chi connectivity index (χ4v) is 3.83. The van der Waals surface area contributed by atoms with E-state index in [0.29, 0.717) is 37.1 Å². The first-order valence-electron chi connectivity index (χ1n) is 14.1. The second kappa shape index (κ2) is 19.7. The third-order valence-electron chi connectivity index (χ3n) is 6.18. The Hall–Kier alpha value is -4.36. The van der Waals surface area contributed by atoms with Crippen molar-refractivity contribution >= 4 is 41.5 Å². The fraction of sp³-hybridized carbons (Fsp3) is 0.571. The topological polar surface area (TPSA) is 218 Å². The van der Waals surface area contributed by atoms with E-state index < -0.39 is 36.1 Å². The first kappa shape index (κ1) is 35.7. The van der Waals surface area contributed by atoms with E-state index in [1.54, 1.807) is 45.0 Å². The number of amides is 6. The van der Waals surface area contributed by atoms with E-state index in [-0.39, 0.29) is 43.7 Å². The standard InChI is InChI=1S/C28H44N6O8/c1-4-22(35)30-15-7-5-6-10-23(36)34-24(18(2)3)26(38)33-21(9-8-16-31-27(29)39)25(37)32-20-13-11-19(12-14-20)17-42-28(40)41/h11-14,18,21,24H,4-10,15-17H2,1-3H3,(H,30,35)(H,32,37)(H,33,38)(H,34,36)(H,40,41)(H3,29,31,39). The van der Waals surface area contributed by atoms with Gasteiger partial charge in [-0.1, -0.05) is 39.3 Å². The van der Waals surface area contributed by atoms with Gasteiger partial charge in [0.05, 0.1) is 0 Å². The number of carbonyl (C=O) groups excluding carboxylic acids is 5. The second-order valence-corrected chi connectivity index (χ2v) is 10.0. The maximum Gasteiger partial charge on any atom is 0.506 e. The third-order valence-corrected chi connectivity index (χ3v) is 6.18. The quantitative estimate of drug-likeness (QED) is 0.0928. The Bertz CT molecular complexity index is 1050. The molecule has 0 saturated heterocycles. The third kappa shape index (κ3) is 15.4. The minimum atomic E-state index is -1.40. The van der Waals surface area contributed by atoms with Crippen LogP contribution in [0.5, 0.6) is 0 Å². The highest BCUT2D eigenvalue weighted by atomic mass is 16.7. The summed E-state index contributed by atoms with van der Waals surface area (Å²) < 4.78 is 4.52. The summed E-state index contributed by atoms with van der Waals surface area (Å²) in [6.07, 6.45) is 1.83. The summed E-state index contributed by atoms with van der Waals surface area (Å²) in [7, 11) is 0. The number of rotatable bonds is 19. The van der Waals surface area contributed by atoms with Crippen molar-refractivity contribution in [3.63, 3.8) is 0 Å². The van der Waals surface area contributed by atoms with Crippen molar-refractivity contribution in [1.82, 2.24) is 21.3 Å². The van der Waals surface area contributed by atoms with E-state index in [0.717, 1.165) is 12.8 Å². The predicted octanol–water partition coefficient (Wildman–Crippen LogP) is 1.98. The van der Waals surface area contributed by atoms with Crippen molar-refractivity contribution < 1.29 is 38.6 Å². The van der Waals surface area contributed by atoms with Crippen molar-refractivity contribution in [2.75, 3.05) is 18.4 Å². The lowest BCUT2D eigenvalue weighted by molar-refractivity contribution is -0.132. The number of carbonyl (C=O) groups is 6. The largest absolute Gasteiger partial charge is 0.506 e. The van der Waals surface area contributed by atoms with Crippen LogP contribution in [0.3, 0.4) is 0 Å². The van der Waals surface area contributed by atoms with Crippen molar-refractivity contribution in [3.05, 3.63) is 29.8 Å². The Morgan fingerprint density at radius 2 is 1.52 bits per heavy atom. The highest BCUT2D eigenvalue weighted by molar-refractivity contribution is 5.98. The molecule has 1 rings (SSSR count). The zero-order chi connectivity index (χ0) is 31.5. The normalized spacial score (nSPS) is 12.0. The lowest BCUT2D eigenvalue weighted by atomic mass is 10.0. The molecule has 234 valence electrons. The molecular formula is C28H44N6O8. The number of urea groups is 1. The Kier molecular flexibility index (Phi) is 16.7. The molecule has 0 heterocycles. The van der Waals surface area contributed by atoms with Crippen LogP contribution in [0.2, 0.25) is 0 Å². The van der Waals surface area contributed by atoms with Gasteiger partial charge in [0.1, 0.15) is 18.7 Å². The number of nitrogens with two attached hydrogens (primary N) is 1. The Morgan fingerprint density at radius 3 is 2.12 bits per heavy atom. The first-order valence-corrected chi connectivity index (χ1v) is 14.1. The number of benzene rings is 1. The molecule has 2 atom stereocenters. The van der Waals surface area contributed by atoms with Gasteiger partial charge in [0.15, 0.2) is 0 Å². The van der Waals surface area contributed by atoms with Gasteiger partial charge in [0.2, 0.25) is 23.6 Å². The molecule has 0 aliphatic heterocycles. The average Bonchev–Trinajstić information content (AvgIpc) is 2.94. The zero-order valence-corrected chi connectivity index (χ0v) is 24.5. The highest BCUT2D eigenvalue weighted by Crippen LogP contribution is 2.13. The van der Waals surface area contributed by atoms with Crippen molar-refractivity contribution in [1.29, 1.82) is 0 Å². The van der Waals surface area contributed by atoms with Crippen LogP contribution in [-0.2, 0) is 30.5 Å². The molecule has 0 aromatic heterocycles. The van der Waals surface area contributed by atoms with E-state index in [1.807, 2.05) is 0 Å². The summed E-state index contributed by atoms with van der Waals surface area (Å²) in [6.45, 7) is 5.94. The summed E-state index contributed by atoms with van der Waals surface area (Å²) in [5, 5.41) is 22.1. The number of primary amides is 1. The second-order valence-electron chi connectivity index (χ2n) is 10.0. The minimum Gasteiger partial charge on any atom is -0.450 e. The van der Waals surface area contributed by atoms with E-state index in [1.165, 1.54) is 0 Å². The van der Waals surface area contributed by atoms with Gasteiger partial charge in [-0.2, -0.15) is 0 Å². The van der Waals surface area contributed by atoms with Gasteiger partial charge in [-0.15, -0.1) is 0 Å². The van der Waals surface area contributed by atoms with Gasteiger partial charge < -0.3 is 42.2 Å². The van der Waals surface area contributed by atoms with E-state index >= 15 is 0 Å². The number of unbranched alkanes of at least 4 members (excludes halogenated alkanes) is 2. The molecular weight excluding hydrogens is 548 g/mol. The Labute approximate surface area is 245 Å². The summed E-state index contributed by atoms with van der Waals surface area (Å²) >= 11 is 0. The SMILES string of the molecule is CCC(=O)NCCCCCC(=O)NC(C(=O)NC(CCCNC(N)=O)C(=O)Nc1ccc(COC(=O)O)cc1)C(C)C. The molecule has 0 fully saturated rings. The van der Waals surface area contributed by atoms with Gasteiger partial charge in [-0.25, -0.2) is 9.59 Å². The van der Waals surface area contributed by atoms with Crippen LogP contribution in [0.15, 0.2) is 24.3 Å². The summed E-state index contributed by atoms with van der Waals surface area (Å²) in [4.78, 5) is 71.8. The number of ether oxygens (including phenoxy) is 1. The maximum atomic E-state index is 13.2. The molecule has 0 bridgehead atoms. The minimum absolute atomic E-state index is 0.0179. The predicted molar refractivity (Wildman–Crippen MR) is 155 cm³/mol. The van der Waals surface area contributed by atoms with Gasteiger partial charge >= 0.3 is 12.2 Å². The van der Waals surface area contributed by atoms with Gasteiger partial charge in [0.25, 0.3) is 0 Å². The number of nitrogens with one attached hydrogen (secondary N) is 5. The molecule has 0 spiro atoms. The molecule has 1 aromatic carbocycles. The smallest absolute Gasteiger partial charge is 0.450 e. The molecule has 6 amide bonds. The van der Waals surface area contributed by atoms with E-state index in [4.69, 9.17) is 10.8 Å². The van der Waals surface area contributed by atoms with Crippen molar-refractivity contribution in [2.45, 2.75) is 84.4 Å². The zero-order valence-electron chi connectivity index (χ0n) is 24.5. The Balaban J connectivity index is 2.77. The van der Waals surface area contributed by atoms with Crippen LogP contribution in [0, 0.1) is 5.92 Å². The molecule has 0 aliphatic carbocycles. The summed E-state index contributed by atoms with van der Waals surface area (Å²) in [6, 6.07) is 3.75. The molecule has 0 aliphatic rings. The fourth-order valence-electron chi connectivity index (χ4n) is 3.83. The van der Waals surface area contributed by atoms with E-state index in [9.17, 15) is 28.8 Å². The molecule has 0 radical (unpaired) electrons. The van der Waals surface area contributed by atoms with Crippen LogP contribution in [-0.4, -0.2) is 66.1 Å². The number of anilines is 1. The van der Waals surface area contributed by atoms with Gasteiger partial charge in [-0.3, -0.25) is 19.2 Å². The van der Waals surface area contributed by atoms with Crippen LogP contribution in [0.25, 0.3) is 0 Å². The number of carboxylic acid groups (broad SMARTS) is 1. The molecule has 0 saturated carbocycles. The highest BCUT2D eigenvalue weighted by Gasteiger charge is 2.28. The molecule has 8 N–H and O–H groups in total. The summed E-state index contributed by atoms with van der Waals surface area (Å²) in [5.74, 6) is -1.61. The lowest BCUT2D eigenvalue weighted by Crippen LogP contribution is -2.54. The summed E-state index contributed by atoms with van der Waals surface area (Å²) in [5.41, 5.74) is 6.09. The Morgan fingerprint density at radius 1 is 0.857 bits per heavy atom. The molecule has 14 nitrogen and oxygen atoms in total. The maximum absolute atomic E-state index is 13.2. The van der Waals surface area contributed by atoms with Crippen LogP contribution >= 0.6 is 0 Å². The molecule has 14 heteroatoms. The molecule has 1 aromatic rings. The lowest BCUT2D eigenvalue weighted by Gasteiger charge is -2.25. The van der Waals surface area contributed by atoms with Gasteiger partial charge in [-0.05, 0) is 49.3 Å². The molecule has 42 heavy (non-hydrogen) atoms.